The van der Waals surface area contributed by atoms with Crippen LogP contribution in [-0.4, -0.2) is 90.5 Å². The van der Waals surface area contributed by atoms with Gasteiger partial charge in [0.2, 0.25) is 17.8 Å². The van der Waals surface area contributed by atoms with Crippen molar-refractivity contribution in [3.63, 3.8) is 0 Å². The second-order valence-electron chi connectivity index (χ2n) is 9.06. The van der Waals surface area contributed by atoms with Crippen LogP contribution in [0.5, 0.6) is 0 Å². The number of carbonyl (C=O) groups excluding carboxylic acids is 2. The van der Waals surface area contributed by atoms with Crippen molar-refractivity contribution in [2.75, 3.05) is 44.2 Å². The average molecular weight is 540 g/mol. The molecule has 4 rings (SSSR count). The average Bonchev–Trinajstić information content (AvgIpc) is 3.28. The van der Waals surface area contributed by atoms with E-state index in [0.29, 0.717) is 39.0 Å². The topological polar surface area (TPSA) is 109 Å². The predicted molar refractivity (Wildman–Crippen MR) is 114 cm³/mol. The van der Waals surface area contributed by atoms with Crippen molar-refractivity contribution in [1.29, 1.82) is 0 Å². The number of piperazine rings is 1. The first-order chi connectivity index (χ1) is 17.4. The van der Waals surface area contributed by atoms with E-state index >= 15 is 0 Å². The maximum absolute atomic E-state index is 13.2. The lowest BCUT2D eigenvalue weighted by Gasteiger charge is -2.35. The minimum Gasteiger partial charge on any atom is -0.373 e. The number of halogens is 6. The summed E-state index contributed by atoms with van der Waals surface area (Å²) in [7, 11) is 0. The standard InChI is InChI=1S/C21H26F6N6O4/c22-20(23,24)12-8-28-19(29-9-12)33-5-3-32(4-6-33)16(34)7-13-1-2-14(37-13)11-36-15-10-30-31-18(35)17(15)21(25,26)27/h8-9,13-15,17,30H,1-7,10-11H2,(H,31,35)/t13-,14-,15?,17?/m0/s1. The van der Waals surface area contributed by atoms with Crippen LogP contribution in [0.2, 0.25) is 0 Å². The molecule has 3 aliphatic heterocycles. The predicted octanol–water partition coefficient (Wildman–Crippen LogP) is 1.28. The minimum atomic E-state index is -4.75. The summed E-state index contributed by atoms with van der Waals surface area (Å²) in [5.74, 6) is -3.49. The molecule has 3 saturated heterocycles. The molecular formula is C21H26F6N6O4. The molecule has 3 fully saturated rings. The summed E-state index contributed by atoms with van der Waals surface area (Å²) in [6.45, 7) is 1.03. The van der Waals surface area contributed by atoms with Crippen molar-refractivity contribution in [2.24, 2.45) is 5.92 Å². The lowest BCUT2D eigenvalue weighted by atomic mass is 9.99. The lowest BCUT2D eigenvalue weighted by molar-refractivity contribution is -0.215. The molecule has 0 saturated carbocycles. The normalized spacial score (nSPS) is 27.4. The molecule has 1 aromatic heterocycles. The van der Waals surface area contributed by atoms with E-state index in [-0.39, 0.29) is 31.4 Å². The zero-order valence-corrected chi connectivity index (χ0v) is 19.5. The number of alkyl halides is 6. The number of amides is 2. The van der Waals surface area contributed by atoms with Crippen LogP contribution in [0.3, 0.4) is 0 Å². The highest BCUT2D eigenvalue weighted by Gasteiger charge is 2.52. The first-order valence-corrected chi connectivity index (χ1v) is 11.7. The molecule has 37 heavy (non-hydrogen) atoms. The fraction of sp³-hybridized carbons (Fsp3) is 0.714. The maximum Gasteiger partial charge on any atom is 0.419 e. The molecule has 0 bridgehead atoms. The number of anilines is 1. The van der Waals surface area contributed by atoms with Crippen molar-refractivity contribution in [3.8, 4) is 0 Å². The van der Waals surface area contributed by atoms with Gasteiger partial charge in [-0.25, -0.2) is 15.4 Å². The summed E-state index contributed by atoms with van der Waals surface area (Å²) in [6, 6.07) is 0. The van der Waals surface area contributed by atoms with E-state index < -0.39 is 48.1 Å². The van der Waals surface area contributed by atoms with Crippen LogP contribution in [-0.2, 0) is 25.2 Å². The van der Waals surface area contributed by atoms with E-state index in [1.807, 2.05) is 5.43 Å². The smallest absolute Gasteiger partial charge is 0.373 e. The zero-order chi connectivity index (χ0) is 26.8. The van der Waals surface area contributed by atoms with Crippen molar-refractivity contribution in [3.05, 3.63) is 18.0 Å². The second-order valence-corrected chi connectivity index (χ2v) is 9.06. The number of hydrogen-bond donors (Lipinski definition) is 2. The molecule has 1 aromatic rings. The first-order valence-electron chi connectivity index (χ1n) is 11.7. The third-order valence-electron chi connectivity index (χ3n) is 6.50. The number of nitrogens with zero attached hydrogens (tertiary/aromatic N) is 4. The summed E-state index contributed by atoms with van der Waals surface area (Å²) in [4.78, 5) is 35.2. The Kier molecular flexibility index (Phi) is 8.08. The first kappa shape index (κ1) is 27.3. The Morgan fingerprint density at radius 2 is 1.70 bits per heavy atom. The molecule has 3 aliphatic rings. The number of aromatic nitrogens is 2. The summed E-state index contributed by atoms with van der Waals surface area (Å²) in [5.41, 5.74) is 3.41. The molecule has 0 radical (unpaired) electrons. The second kappa shape index (κ2) is 10.9. The molecule has 0 spiro atoms. The van der Waals surface area contributed by atoms with Gasteiger partial charge >= 0.3 is 12.4 Å². The van der Waals surface area contributed by atoms with Gasteiger partial charge in [0.1, 0.15) is 0 Å². The van der Waals surface area contributed by atoms with Crippen molar-refractivity contribution < 1.29 is 45.4 Å². The Hall–Kier alpha value is -2.72. The highest BCUT2D eigenvalue weighted by Crippen LogP contribution is 2.32. The zero-order valence-electron chi connectivity index (χ0n) is 19.5. The maximum atomic E-state index is 13.2. The fourth-order valence-electron chi connectivity index (χ4n) is 4.51. The van der Waals surface area contributed by atoms with Crippen LogP contribution in [0.25, 0.3) is 0 Å². The Morgan fingerprint density at radius 3 is 2.32 bits per heavy atom. The molecule has 16 heteroatoms. The third kappa shape index (κ3) is 6.78. The number of ether oxygens (including phenoxy) is 2. The monoisotopic (exact) mass is 540 g/mol. The van der Waals surface area contributed by atoms with Gasteiger partial charge in [0.05, 0.1) is 36.9 Å². The summed E-state index contributed by atoms with van der Waals surface area (Å²) in [5, 5.41) is 0. The van der Waals surface area contributed by atoms with Gasteiger partial charge in [-0.05, 0) is 12.8 Å². The molecule has 4 heterocycles. The number of rotatable bonds is 6. The van der Waals surface area contributed by atoms with E-state index in [2.05, 4.69) is 15.4 Å². The largest absolute Gasteiger partial charge is 0.419 e. The van der Waals surface area contributed by atoms with Gasteiger partial charge in [0, 0.05) is 45.1 Å². The summed E-state index contributed by atoms with van der Waals surface area (Å²) >= 11 is 0. The molecule has 2 unspecified atom stereocenters. The number of carbonyl (C=O) groups is 2. The lowest BCUT2D eigenvalue weighted by Crippen LogP contribution is -2.60. The summed E-state index contributed by atoms with van der Waals surface area (Å²) in [6.07, 6.45) is -8.99. The van der Waals surface area contributed by atoms with Crippen LogP contribution >= 0.6 is 0 Å². The highest BCUT2D eigenvalue weighted by molar-refractivity contribution is 5.80. The number of hydrogen-bond acceptors (Lipinski definition) is 8. The number of hydrazine groups is 1. The minimum absolute atomic E-state index is 0.0891. The van der Waals surface area contributed by atoms with Gasteiger partial charge in [-0.3, -0.25) is 15.0 Å². The van der Waals surface area contributed by atoms with E-state index in [0.717, 1.165) is 12.4 Å². The molecular weight excluding hydrogens is 514 g/mol. The molecule has 10 nitrogen and oxygen atoms in total. The van der Waals surface area contributed by atoms with Gasteiger partial charge in [-0.2, -0.15) is 26.3 Å². The molecule has 0 aromatic carbocycles. The van der Waals surface area contributed by atoms with E-state index in [4.69, 9.17) is 9.47 Å². The Morgan fingerprint density at radius 1 is 1.05 bits per heavy atom. The third-order valence-corrected chi connectivity index (χ3v) is 6.50. The molecule has 206 valence electrons. The number of nitrogens with one attached hydrogen (secondary N) is 2. The van der Waals surface area contributed by atoms with E-state index in [9.17, 15) is 35.9 Å². The molecule has 0 aliphatic carbocycles. The molecule has 2 N–H and O–H groups in total. The molecule has 2 amide bonds. The van der Waals surface area contributed by atoms with Crippen LogP contribution in [0.15, 0.2) is 12.4 Å². The van der Waals surface area contributed by atoms with Crippen molar-refractivity contribution in [2.45, 2.75) is 49.9 Å². The van der Waals surface area contributed by atoms with Crippen LogP contribution in [0.4, 0.5) is 32.3 Å². The summed E-state index contributed by atoms with van der Waals surface area (Å²) < 4.78 is 88.9. The highest BCUT2D eigenvalue weighted by atomic mass is 19.4. The van der Waals surface area contributed by atoms with Crippen molar-refractivity contribution >= 4 is 17.8 Å². The van der Waals surface area contributed by atoms with Gasteiger partial charge in [-0.15, -0.1) is 0 Å². The van der Waals surface area contributed by atoms with Gasteiger partial charge in [0.25, 0.3) is 0 Å². The Balaban J connectivity index is 1.20. The quantitative estimate of drug-likeness (QED) is 0.520. The fourth-order valence-corrected chi connectivity index (χ4v) is 4.51. The van der Waals surface area contributed by atoms with E-state index in [1.165, 1.54) is 0 Å². The Bertz CT molecular complexity index is 954. The Labute approximate surface area is 207 Å². The van der Waals surface area contributed by atoms with Gasteiger partial charge in [0.15, 0.2) is 5.92 Å². The van der Waals surface area contributed by atoms with Crippen molar-refractivity contribution in [1.82, 2.24) is 25.7 Å². The van der Waals surface area contributed by atoms with Crippen LogP contribution < -0.4 is 15.8 Å². The van der Waals surface area contributed by atoms with Crippen LogP contribution in [0.1, 0.15) is 24.8 Å². The van der Waals surface area contributed by atoms with Gasteiger partial charge in [-0.1, -0.05) is 0 Å². The SMILES string of the molecule is O=C1NNCC(OC[C@@H]2CC[C@@H](CC(=O)N3CCN(c4ncc(C(F)(F)F)cn4)CC3)O2)C1C(F)(F)F. The van der Waals surface area contributed by atoms with Gasteiger partial charge < -0.3 is 19.3 Å². The van der Waals surface area contributed by atoms with Crippen LogP contribution in [0, 0.1) is 5.92 Å². The molecule has 4 atom stereocenters. The van der Waals surface area contributed by atoms with E-state index in [1.54, 1.807) is 9.80 Å².